The standard InChI is InChI=1S/C25H33F5N4O3/c1-36-19-14-37-8-6-18(19)31-15-5-7-24(10-15,11-21(26)27)23(35)34-13-16-9-17(34)12-33(16)22-4-2-3-20(32-22)25(28,29)30/h2-4,15-19,21,31H,5-14H2,1H3/t15-,16-,17+,18+,19-,24+/m1/s1. The molecule has 1 N–H and O–H groups in total. The molecule has 12 heteroatoms. The Bertz CT molecular complexity index is 982. The first-order valence-corrected chi connectivity index (χ1v) is 12.9. The van der Waals surface area contributed by atoms with Crippen molar-refractivity contribution >= 4 is 11.7 Å². The van der Waals surface area contributed by atoms with Gasteiger partial charge < -0.3 is 24.6 Å². The molecule has 206 valence electrons. The maximum atomic E-state index is 13.8. The summed E-state index contributed by atoms with van der Waals surface area (Å²) in [4.78, 5) is 21.1. The lowest BCUT2D eigenvalue weighted by molar-refractivity contribution is -0.146. The topological polar surface area (TPSA) is 66.9 Å². The molecule has 5 rings (SSSR count). The second kappa shape index (κ2) is 10.3. The van der Waals surface area contributed by atoms with E-state index in [1.807, 2.05) is 0 Å². The van der Waals surface area contributed by atoms with Crippen LogP contribution in [0.3, 0.4) is 0 Å². The summed E-state index contributed by atoms with van der Waals surface area (Å²) in [6, 6.07) is 3.35. The average Bonchev–Trinajstić information content (AvgIpc) is 3.58. The number of amides is 1. The zero-order valence-electron chi connectivity index (χ0n) is 20.7. The van der Waals surface area contributed by atoms with Gasteiger partial charge in [0.1, 0.15) is 11.5 Å². The van der Waals surface area contributed by atoms with Crippen molar-refractivity contribution in [1.82, 2.24) is 15.2 Å². The van der Waals surface area contributed by atoms with E-state index in [9.17, 15) is 26.7 Å². The van der Waals surface area contributed by atoms with E-state index in [-0.39, 0.29) is 42.0 Å². The Balaban J connectivity index is 1.27. The van der Waals surface area contributed by atoms with Crippen molar-refractivity contribution in [2.45, 2.75) is 81.4 Å². The molecular weight excluding hydrogens is 499 g/mol. The highest BCUT2D eigenvalue weighted by Gasteiger charge is 2.54. The van der Waals surface area contributed by atoms with Crippen LogP contribution in [-0.2, 0) is 20.4 Å². The van der Waals surface area contributed by atoms with Gasteiger partial charge >= 0.3 is 6.18 Å². The highest BCUT2D eigenvalue weighted by molar-refractivity contribution is 5.84. The highest BCUT2D eigenvalue weighted by atomic mass is 19.4. The molecule has 1 aromatic rings. The molecule has 4 heterocycles. The largest absolute Gasteiger partial charge is 0.433 e. The Morgan fingerprint density at radius 2 is 2.08 bits per heavy atom. The molecular formula is C25H33F5N4O3. The fourth-order valence-electron chi connectivity index (χ4n) is 6.71. The third-order valence-electron chi connectivity index (χ3n) is 8.48. The van der Waals surface area contributed by atoms with E-state index in [2.05, 4.69) is 10.3 Å². The number of rotatable bonds is 7. The maximum Gasteiger partial charge on any atom is 0.433 e. The number of aromatic nitrogens is 1. The lowest BCUT2D eigenvalue weighted by Crippen LogP contribution is -2.54. The second-order valence-corrected chi connectivity index (χ2v) is 10.8. The molecule has 4 fully saturated rings. The summed E-state index contributed by atoms with van der Waals surface area (Å²) >= 11 is 0. The number of nitrogens with zero attached hydrogens (tertiary/aromatic N) is 3. The number of alkyl halides is 5. The molecule has 7 nitrogen and oxygen atoms in total. The third kappa shape index (κ3) is 5.29. The van der Waals surface area contributed by atoms with Crippen LogP contribution in [0.25, 0.3) is 0 Å². The summed E-state index contributed by atoms with van der Waals surface area (Å²) in [5.74, 6) is -0.0254. The monoisotopic (exact) mass is 532 g/mol. The van der Waals surface area contributed by atoms with Gasteiger partial charge in [-0.05, 0) is 44.2 Å². The molecule has 3 saturated heterocycles. The Morgan fingerprint density at radius 3 is 2.76 bits per heavy atom. The zero-order valence-corrected chi connectivity index (χ0v) is 20.7. The lowest BCUT2D eigenvalue weighted by atomic mass is 9.80. The van der Waals surface area contributed by atoms with Crippen LogP contribution in [0.2, 0.25) is 0 Å². The smallest absolute Gasteiger partial charge is 0.379 e. The lowest BCUT2D eigenvalue weighted by Gasteiger charge is -2.40. The number of likely N-dealkylation sites (tertiary alicyclic amines) is 1. The molecule has 4 aliphatic rings. The van der Waals surface area contributed by atoms with Gasteiger partial charge in [-0.1, -0.05) is 6.07 Å². The average molecular weight is 533 g/mol. The SMILES string of the molecule is CO[C@@H]1COCC[C@@H]1N[C@@H]1CC[C@](CC(F)F)(C(=O)N2C[C@H]3C[C@H]2CN3c2cccc(C(F)(F)F)n2)C1. The number of nitrogens with one attached hydrogen (secondary N) is 1. The normalized spacial score (nSPS) is 34.1. The van der Waals surface area contributed by atoms with Gasteiger partial charge in [-0.2, -0.15) is 13.2 Å². The van der Waals surface area contributed by atoms with E-state index in [0.717, 1.165) is 12.5 Å². The Hall–Kier alpha value is -2.05. The third-order valence-corrected chi connectivity index (χ3v) is 8.48. The van der Waals surface area contributed by atoms with Gasteiger partial charge in [0, 0.05) is 45.3 Å². The summed E-state index contributed by atoms with van der Waals surface area (Å²) in [5.41, 5.74) is -2.11. The molecule has 0 radical (unpaired) electrons. The predicted molar refractivity (Wildman–Crippen MR) is 124 cm³/mol. The number of piperazine rings is 1. The molecule has 0 spiro atoms. The number of pyridine rings is 1. The first kappa shape index (κ1) is 26.6. The van der Waals surface area contributed by atoms with E-state index in [1.54, 1.807) is 16.9 Å². The van der Waals surface area contributed by atoms with Crippen molar-refractivity contribution in [3.05, 3.63) is 23.9 Å². The molecule has 1 aliphatic carbocycles. The molecule has 1 saturated carbocycles. The maximum absolute atomic E-state index is 13.8. The van der Waals surface area contributed by atoms with E-state index in [1.165, 1.54) is 12.1 Å². The summed E-state index contributed by atoms with van der Waals surface area (Å²) in [6.45, 7) is 1.71. The number of halogens is 5. The number of ether oxygens (including phenoxy) is 2. The Kier molecular flexibility index (Phi) is 7.36. The molecule has 2 bridgehead atoms. The minimum atomic E-state index is -4.54. The van der Waals surface area contributed by atoms with Gasteiger partial charge in [0.15, 0.2) is 0 Å². The van der Waals surface area contributed by atoms with Crippen molar-refractivity contribution in [1.29, 1.82) is 0 Å². The van der Waals surface area contributed by atoms with Crippen LogP contribution < -0.4 is 10.2 Å². The molecule has 3 aliphatic heterocycles. The van der Waals surface area contributed by atoms with E-state index in [4.69, 9.17) is 9.47 Å². The number of anilines is 1. The molecule has 37 heavy (non-hydrogen) atoms. The number of carbonyl (C=O) groups excluding carboxylic acids is 1. The molecule has 6 atom stereocenters. The Labute approximate surface area is 212 Å². The van der Waals surface area contributed by atoms with Gasteiger partial charge in [-0.15, -0.1) is 0 Å². The quantitative estimate of drug-likeness (QED) is 0.543. The molecule has 1 aromatic heterocycles. The fraction of sp³-hybridized carbons (Fsp3) is 0.760. The molecule has 0 aromatic carbocycles. The van der Waals surface area contributed by atoms with E-state index >= 15 is 0 Å². The highest BCUT2D eigenvalue weighted by Crippen LogP contribution is 2.47. The minimum absolute atomic E-state index is 0.0394. The summed E-state index contributed by atoms with van der Waals surface area (Å²) < 4.78 is 77.9. The second-order valence-electron chi connectivity index (χ2n) is 10.8. The minimum Gasteiger partial charge on any atom is -0.379 e. The fourth-order valence-corrected chi connectivity index (χ4v) is 6.71. The van der Waals surface area contributed by atoms with Crippen molar-refractivity contribution in [2.24, 2.45) is 5.41 Å². The van der Waals surface area contributed by atoms with E-state index in [0.29, 0.717) is 52.0 Å². The van der Waals surface area contributed by atoms with Crippen molar-refractivity contribution in [2.75, 3.05) is 38.3 Å². The van der Waals surface area contributed by atoms with Crippen LogP contribution in [0.5, 0.6) is 0 Å². The van der Waals surface area contributed by atoms with Crippen molar-refractivity contribution < 1.29 is 36.2 Å². The van der Waals surface area contributed by atoms with Crippen LogP contribution >= 0.6 is 0 Å². The molecule has 0 unspecified atom stereocenters. The van der Waals surface area contributed by atoms with Crippen molar-refractivity contribution in [3.8, 4) is 0 Å². The first-order chi connectivity index (χ1) is 17.6. The predicted octanol–water partition coefficient (Wildman–Crippen LogP) is 3.48. The summed E-state index contributed by atoms with van der Waals surface area (Å²) in [7, 11) is 1.62. The van der Waals surface area contributed by atoms with E-state index < -0.39 is 30.1 Å². The van der Waals surface area contributed by atoms with Gasteiger partial charge in [0.2, 0.25) is 12.3 Å². The van der Waals surface area contributed by atoms with Gasteiger partial charge in [0.25, 0.3) is 0 Å². The van der Waals surface area contributed by atoms with Crippen LogP contribution in [-0.4, -0.2) is 85.9 Å². The van der Waals surface area contributed by atoms with Crippen LogP contribution in [0.4, 0.5) is 27.8 Å². The zero-order chi connectivity index (χ0) is 26.4. The number of fused-ring (bicyclic) bond motifs is 2. The first-order valence-electron chi connectivity index (χ1n) is 12.9. The van der Waals surface area contributed by atoms with Crippen molar-refractivity contribution in [3.63, 3.8) is 0 Å². The number of carbonyl (C=O) groups is 1. The van der Waals surface area contributed by atoms with Crippen LogP contribution in [0.1, 0.15) is 44.2 Å². The van der Waals surface area contributed by atoms with Gasteiger partial charge in [-0.3, -0.25) is 4.79 Å². The van der Waals surface area contributed by atoms with Gasteiger partial charge in [0.05, 0.1) is 30.2 Å². The van der Waals surface area contributed by atoms with Gasteiger partial charge in [-0.25, -0.2) is 13.8 Å². The molecule has 1 amide bonds. The summed E-state index contributed by atoms with van der Waals surface area (Å²) in [6.07, 6.45) is -5.10. The Morgan fingerprint density at radius 1 is 1.27 bits per heavy atom. The number of hydrogen-bond donors (Lipinski definition) is 1. The number of methoxy groups -OCH3 is 1. The summed E-state index contributed by atoms with van der Waals surface area (Å²) in [5, 5.41) is 3.54. The van der Waals surface area contributed by atoms with Crippen LogP contribution in [0, 0.1) is 5.41 Å². The number of hydrogen-bond acceptors (Lipinski definition) is 6. The van der Waals surface area contributed by atoms with Crippen LogP contribution in [0.15, 0.2) is 18.2 Å².